The molecule has 0 spiro atoms. The van der Waals surface area contributed by atoms with Crippen LogP contribution in [0.15, 0.2) is 60.2 Å². The molecule has 0 unspecified atom stereocenters. The topological polar surface area (TPSA) is 52.5 Å². The first-order valence-electron chi connectivity index (χ1n) is 8.15. The third kappa shape index (κ3) is 3.53. The lowest BCUT2D eigenvalue weighted by atomic mass is 10.1. The molecule has 25 heavy (non-hydrogen) atoms. The van der Waals surface area contributed by atoms with Gasteiger partial charge < -0.3 is 19.4 Å². The number of hydrogen-bond acceptors (Lipinski definition) is 4. The molecule has 5 nitrogen and oxygen atoms in total. The van der Waals surface area contributed by atoms with Gasteiger partial charge >= 0.3 is 0 Å². The second kappa shape index (κ2) is 7.03. The standard InChI is InChI=1S/C19H18N2O3S/c22-19(20-14-5-6-16-17(12-14)24-10-9-23-16)13-15(18-4-3-11-25-18)21-7-1-2-8-21/h1-8,11-12,15H,9-10,13H2,(H,20,22)/t15-/m1/s1. The number of carbonyl (C=O) groups excluding carboxylic acids is 1. The van der Waals surface area contributed by atoms with Crippen LogP contribution in [0.3, 0.4) is 0 Å². The minimum absolute atomic E-state index is 0.00721. The Balaban J connectivity index is 1.49. The Morgan fingerprint density at radius 2 is 1.92 bits per heavy atom. The summed E-state index contributed by atoms with van der Waals surface area (Å²) in [5, 5.41) is 5.00. The van der Waals surface area contributed by atoms with Gasteiger partial charge in [0.05, 0.1) is 12.5 Å². The van der Waals surface area contributed by atoms with Crippen molar-refractivity contribution in [2.75, 3.05) is 18.5 Å². The van der Waals surface area contributed by atoms with E-state index in [4.69, 9.17) is 9.47 Å². The SMILES string of the molecule is O=C(C[C@H](c1cccs1)n1cccc1)Nc1ccc2c(c1)OCCO2. The van der Waals surface area contributed by atoms with E-state index < -0.39 is 0 Å². The van der Waals surface area contributed by atoms with Gasteiger partial charge in [-0.3, -0.25) is 4.79 Å². The zero-order valence-electron chi connectivity index (χ0n) is 13.6. The van der Waals surface area contributed by atoms with E-state index in [-0.39, 0.29) is 11.9 Å². The number of hydrogen-bond donors (Lipinski definition) is 1. The Labute approximate surface area is 149 Å². The zero-order chi connectivity index (χ0) is 17.1. The number of carbonyl (C=O) groups is 1. The maximum Gasteiger partial charge on any atom is 0.226 e. The van der Waals surface area contributed by atoms with Gasteiger partial charge in [-0.1, -0.05) is 6.07 Å². The van der Waals surface area contributed by atoms with Crippen molar-refractivity contribution < 1.29 is 14.3 Å². The molecule has 3 heterocycles. The maximum absolute atomic E-state index is 12.6. The van der Waals surface area contributed by atoms with Crippen molar-refractivity contribution in [3.8, 4) is 11.5 Å². The third-order valence-corrected chi connectivity index (χ3v) is 5.04. The predicted octanol–water partition coefficient (Wildman–Crippen LogP) is 3.94. The first-order chi connectivity index (χ1) is 12.3. The van der Waals surface area contributed by atoms with Crippen LogP contribution in [0.25, 0.3) is 0 Å². The van der Waals surface area contributed by atoms with Crippen LogP contribution in [-0.2, 0) is 4.79 Å². The fraction of sp³-hybridized carbons (Fsp3) is 0.211. The summed E-state index contributed by atoms with van der Waals surface area (Å²) in [5.74, 6) is 1.35. The molecule has 1 N–H and O–H groups in total. The minimum Gasteiger partial charge on any atom is -0.486 e. The largest absolute Gasteiger partial charge is 0.486 e. The van der Waals surface area contributed by atoms with Crippen LogP contribution in [0.4, 0.5) is 5.69 Å². The smallest absolute Gasteiger partial charge is 0.226 e. The average Bonchev–Trinajstić information content (AvgIpc) is 3.33. The van der Waals surface area contributed by atoms with E-state index in [1.165, 1.54) is 0 Å². The van der Waals surface area contributed by atoms with Crippen LogP contribution < -0.4 is 14.8 Å². The highest BCUT2D eigenvalue weighted by Gasteiger charge is 2.19. The maximum atomic E-state index is 12.6. The van der Waals surface area contributed by atoms with Crippen molar-refractivity contribution >= 4 is 22.9 Å². The molecule has 6 heteroatoms. The number of fused-ring (bicyclic) bond motifs is 1. The summed E-state index contributed by atoms with van der Waals surface area (Å²) in [5.41, 5.74) is 0.715. The van der Waals surface area contributed by atoms with Crippen LogP contribution in [-0.4, -0.2) is 23.7 Å². The summed E-state index contributed by atoms with van der Waals surface area (Å²) in [6.07, 6.45) is 4.34. The number of thiophene rings is 1. The summed E-state index contributed by atoms with van der Waals surface area (Å²) >= 11 is 1.66. The molecular formula is C19H18N2O3S. The Morgan fingerprint density at radius 1 is 1.12 bits per heavy atom. The third-order valence-electron chi connectivity index (χ3n) is 4.06. The van der Waals surface area contributed by atoms with E-state index in [0.717, 1.165) is 4.88 Å². The van der Waals surface area contributed by atoms with Gasteiger partial charge in [-0.25, -0.2) is 0 Å². The van der Waals surface area contributed by atoms with Crippen LogP contribution in [0.5, 0.6) is 11.5 Å². The quantitative estimate of drug-likeness (QED) is 0.755. The van der Waals surface area contributed by atoms with E-state index >= 15 is 0 Å². The first-order valence-corrected chi connectivity index (χ1v) is 9.03. The molecule has 0 saturated heterocycles. The van der Waals surface area contributed by atoms with Crippen LogP contribution in [0.1, 0.15) is 17.3 Å². The van der Waals surface area contributed by atoms with Gasteiger partial charge in [-0.15, -0.1) is 11.3 Å². The Hall–Kier alpha value is -2.73. The van der Waals surface area contributed by atoms with Gasteiger partial charge in [-0.05, 0) is 35.7 Å². The lowest BCUT2D eigenvalue weighted by Gasteiger charge is -2.20. The molecule has 0 saturated carbocycles. The molecule has 1 aliphatic rings. The minimum atomic E-state index is -0.0382. The van der Waals surface area contributed by atoms with E-state index in [2.05, 4.69) is 16.0 Å². The second-order valence-corrected chi connectivity index (χ2v) is 6.75. The number of rotatable bonds is 5. The van der Waals surface area contributed by atoms with Crippen molar-refractivity contribution in [3.05, 3.63) is 65.1 Å². The monoisotopic (exact) mass is 354 g/mol. The van der Waals surface area contributed by atoms with Crippen molar-refractivity contribution in [1.82, 2.24) is 4.57 Å². The van der Waals surface area contributed by atoms with Crippen molar-refractivity contribution in [1.29, 1.82) is 0 Å². The summed E-state index contributed by atoms with van der Waals surface area (Å²) in [4.78, 5) is 13.8. The predicted molar refractivity (Wildman–Crippen MR) is 97.6 cm³/mol. The normalized spacial score (nSPS) is 14.1. The number of anilines is 1. The van der Waals surface area contributed by atoms with Crippen molar-refractivity contribution in [3.63, 3.8) is 0 Å². The lowest BCUT2D eigenvalue weighted by molar-refractivity contribution is -0.116. The van der Waals surface area contributed by atoms with Crippen LogP contribution in [0.2, 0.25) is 0 Å². The second-order valence-electron chi connectivity index (χ2n) is 5.77. The number of nitrogens with zero attached hydrogens (tertiary/aromatic N) is 1. The number of benzene rings is 1. The van der Waals surface area contributed by atoms with Crippen molar-refractivity contribution in [2.45, 2.75) is 12.5 Å². The van der Waals surface area contributed by atoms with Gasteiger partial charge in [-0.2, -0.15) is 0 Å². The van der Waals surface area contributed by atoms with Gasteiger partial charge in [0.15, 0.2) is 11.5 Å². The molecule has 0 fully saturated rings. The Kier molecular flexibility index (Phi) is 4.43. The van der Waals surface area contributed by atoms with E-state index in [1.807, 2.05) is 54.2 Å². The van der Waals surface area contributed by atoms with E-state index in [0.29, 0.717) is 36.8 Å². The number of ether oxygens (including phenoxy) is 2. The molecule has 1 amide bonds. The molecule has 3 aromatic rings. The molecule has 1 atom stereocenters. The van der Waals surface area contributed by atoms with Gasteiger partial charge in [0.25, 0.3) is 0 Å². The molecule has 1 aliphatic heterocycles. The first kappa shape index (κ1) is 15.8. The molecular weight excluding hydrogens is 336 g/mol. The Morgan fingerprint density at radius 3 is 2.68 bits per heavy atom. The fourth-order valence-electron chi connectivity index (χ4n) is 2.90. The van der Waals surface area contributed by atoms with Crippen molar-refractivity contribution in [2.24, 2.45) is 0 Å². The lowest BCUT2D eigenvalue weighted by Crippen LogP contribution is -2.19. The average molecular weight is 354 g/mol. The molecule has 0 aliphatic carbocycles. The highest BCUT2D eigenvalue weighted by atomic mass is 32.1. The summed E-state index contributed by atoms with van der Waals surface area (Å²) in [6, 6.07) is 13.5. The van der Waals surface area contributed by atoms with Crippen LogP contribution in [0, 0.1) is 0 Å². The summed E-state index contributed by atoms with van der Waals surface area (Å²) < 4.78 is 13.1. The van der Waals surface area contributed by atoms with Gasteiger partial charge in [0.2, 0.25) is 5.91 Å². The fourth-order valence-corrected chi connectivity index (χ4v) is 3.73. The van der Waals surface area contributed by atoms with Crippen LogP contribution >= 0.6 is 11.3 Å². The molecule has 0 bridgehead atoms. The number of amides is 1. The highest BCUT2D eigenvalue weighted by molar-refractivity contribution is 7.10. The number of aromatic nitrogens is 1. The van der Waals surface area contributed by atoms with E-state index in [1.54, 1.807) is 11.3 Å². The van der Waals surface area contributed by atoms with Gasteiger partial charge in [0, 0.05) is 29.0 Å². The highest BCUT2D eigenvalue weighted by Crippen LogP contribution is 2.33. The Bertz CT molecular complexity index is 809. The van der Waals surface area contributed by atoms with Gasteiger partial charge in [0.1, 0.15) is 13.2 Å². The summed E-state index contributed by atoms with van der Waals surface area (Å²) in [6.45, 7) is 1.08. The molecule has 128 valence electrons. The zero-order valence-corrected chi connectivity index (χ0v) is 14.4. The molecule has 4 rings (SSSR count). The van der Waals surface area contributed by atoms with E-state index in [9.17, 15) is 4.79 Å². The number of nitrogens with one attached hydrogen (secondary N) is 1. The molecule has 2 aromatic heterocycles. The molecule has 1 aromatic carbocycles. The summed E-state index contributed by atoms with van der Waals surface area (Å²) in [7, 11) is 0. The molecule has 0 radical (unpaired) electrons.